The van der Waals surface area contributed by atoms with E-state index >= 15 is 0 Å². The molecule has 1 fully saturated rings. The highest BCUT2D eigenvalue weighted by molar-refractivity contribution is 6.10. The Morgan fingerprint density at radius 3 is 2.52 bits per heavy atom. The first kappa shape index (κ1) is 21.4. The van der Waals surface area contributed by atoms with Gasteiger partial charge in [0.15, 0.2) is 0 Å². The average Bonchev–Trinajstić information content (AvgIpc) is 3.09. The topological polar surface area (TPSA) is 57.5 Å². The minimum atomic E-state index is -0.0591. The molecule has 1 aliphatic rings. The first-order chi connectivity index (χ1) is 15.1. The number of piperidine rings is 1. The quantitative estimate of drug-likeness (QED) is 0.520. The Bertz CT molecular complexity index is 1050. The molecule has 0 radical (unpaired) electrons. The van der Waals surface area contributed by atoms with Crippen molar-refractivity contribution >= 4 is 16.8 Å². The minimum absolute atomic E-state index is 0.0591. The molecule has 2 N–H and O–H groups in total. The Morgan fingerprint density at radius 2 is 1.81 bits per heavy atom. The number of phenols is 1. The molecule has 0 atom stereocenters. The third-order valence-corrected chi connectivity index (χ3v) is 6.34. The predicted octanol–water partition coefficient (Wildman–Crippen LogP) is 5.16. The van der Waals surface area contributed by atoms with Gasteiger partial charge in [0.2, 0.25) is 0 Å². The van der Waals surface area contributed by atoms with Gasteiger partial charge in [-0.2, -0.15) is 0 Å². The number of amides is 1. The molecule has 31 heavy (non-hydrogen) atoms. The monoisotopic (exact) mass is 419 g/mol. The van der Waals surface area contributed by atoms with Crippen LogP contribution in [0.4, 0.5) is 0 Å². The van der Waals surface area contributed by atoms with Crippen molar-refractivity contribution in [2.75, 3.05) is 19.6 Å². The van der Waals surface area contributed by atoms with Crippen molar-refractivity contribution in [2.24, 2.45) is 0 Å². The van der Waals surface area contributed by atoms with Crippen molar-refractivity contribution < 1.29 is 9.90 Å². The highest BCUT2D eigenvalue weighted by Crippen LogP contribution is 2.37. The molecular formula is C26H33N3O2. The SMILES string of the molecule is CCCCNC(=O)c1c(C)n(-c2ccccc2)c2ccc(O)c(CN3CCCCC3)c12. The number of hydrogen-bond acceptors (Lipinski definition) is 3. The van der Waals surface area contributed by atoms with Gasteiger partial charge >= 0.3 is 0 Å². The number of benzene rings is 2. The lowest BCUT2D eigenvalue weighted by atomic mass is 10.0. The molecular weight excluding hydrogens is 386 g/mol. The van der Waals surface area contributed by atoms with E-state index in [1.807, 2.05) is 31.2 Å². The summed E-state index contributed by atoms with van der Waals surface area (Å²) >= 11 is 0. The van der Waals surface area contributed by atoms with Crippen LogP contribution in [0, 0.1) is 6.92 Å². The van der Waals surface area contributed by atoms with Crippen LogP contribution in [0.3, 0.4) is 0 Å². The van der Waals surface area contributed by atoms with Crippen LogP contribution in [-0.2, 0) is 6.54 Å². The lowest BCUT2D eigenvalue weighted by molar-refractivity contribution is 0.0954. The summed E-state index contributed by atoms with van der Waals surface area (Å²) in [5.41, 5.74) is 4.43. The molecule has 164 valence electrons. The van der Waals surface area contributed by atoms with E-state index in [-0.39, 0.29) is 11.7 Å². The lowest BCUT2D eigenvalue weighted by Gasteiger charge is -2.27. The van der Waals surface area contributed by atoms with Gasteiger partial charge in [0.25, 0.3) is 5.91 Å². The number of carbonyl (C=O) groups excluding carboxylic acids is 1. The molecule has 0 spiro atoms. The maximum Gasteiger partial charge on any atom is 0.253 e. The fraction of sp³-hybridized carbons (Fsp3) is 0.423. The Hall–Kier alpha value is -2.79. The number of fused-ring (bicyclic) bond motifs is 1. The third-order valence-electron chi connectivity index (χ3n) is 6.34. The van der Waals surface area contributed by atoms with Crippen LogP contribution in [0.2, 0.25) is 0 Å². The normalized spacial score (nSPS) is 14.8. The molecule has 1 amide bonds. The average molecular weight is 420 g/mol. The fourth-order valence-corrected chi connectivity index (χ4v) is 4.72. The maximum atomic E-state index is 13.3. The van der Waals surface area contributed by atoms with Crippen LogP contribution >= 0.6 is 0 Å². The number of aromatic nitrogens is 1. The molecule has 1 aromatic heterocycles. The zero-order chi connectivity index (χ0) is 21.8. The number of nitrogens with one attached hydrogen (secondary N) is 1. The molecule has 5 nitrogen and oxygen atoms in total. The van der Waals surface area contributed by atoms with Crippen molar-refractivity contribution in [1.82, 2.24) is 14.8 Å². The summed E-state index contributed by atoms with van der Waals surface area (Å²) < 4.78 is 2.14. The Morgan fingerprint density at radius 1 is 1.06 bits per heavy atom. The third kappa shape index (κ3) is 4.33. The molecule has 3 aromatic rings. The van der Waals surface area contributed by atoms with Gasteiger partial charge in [-0.05, 0) is 63.5 Å². The van der Waals surface area contributed by atoms with E-state index in [1.165, 1.54) is 19.3 Å². The molecule has 0 saturated carbocycles. The predicted molar refractivity (Wildman–Crippen MR) is 126 cm³/mol. The first-order valence-electron chi connectivity index (χ1n) is 11.5. The van der Waals surface area contributed by atoms with Crippen molar-refractivity contribution in [3.8, 4) is 11.4 Å². The summed E-state index contributed by atoms with van der Waals surface area (Å²) in [6.07, 6.45) is 5.62. The highest BCUT2D eigenvalue weighted by Gasteiger charge is 2.25. The van der Waals surface area contributed by atoms with E-state index in [9.17, 15) is 9.90 Å². The number of unbranched alkanes of at least 4 members (excludes halogenated alkanes) is 1. The maximum absolute atomic E-state index is 13.3. The molecule has 4 rings (SSSR count). The molecule has 2 heterocycles. The summed E-state index contributed by atoms with van der Waals surface area (Å²) in [5, 5.41) is 14.8. The molecule has 1 saturated heterocycles. The van der Waals surface area contributed by atoms with Gasteiger partial charge in [0, 0.05) is 35.4 Å². The van der Waals surface area contributed by atoms with Crippen LogP contribution < -0.4 is 5.32 Å². The summed E-state index contributed by atoms with van der Waals surface area (Å²) in [5.74, 6) is 0.210. The zero-order valence-electron chi connectivity index (χ0n) is 18.7. The van der Waals surface area contributed by atoms with Gasteiger partial charge in [-0.3, -0.25) is 9.69 Å². The Labute approximate surface area is 184 Å². The number of carbonyl (C=O) groups is 1. The number of likely N-dealkylation sites (tertiary alicyclic amines) is 1. The van der Waals surface area contributed by atoms with E-state index in [1.54, 1.807) is 6.07 Å². The van der Waals surface area contributed by atoms with Gasteiger partial charge in [0.05, 0.1) is 11.1 Å². The summed E-state index contributed by atoms with van der Waals surface area (Å²) in [6.45, 7) is 7.51. The lowest BCUT2D eigenvalue weighted by Crippen LogP contribution is -2.29. The van der Waals surface area contributed by atoms with Crippen molar-refractivity contribution in [3.63, 3.8) is 0 Å². The number of rotatable bonds is 7. The number of aromatic hydroxyl groups is 1. The zero-order valence-corrected chi connectivity index (χ0v) is 18.7. The standard InChI is InChI=1S/C26H33N3O2/c1-3-4-15-27-26(31)24-19(2)29(20-11-7-5-8-12-20)22-13-14-23(30)21(25(22)24)18-28-16-9-6-10-17-28/h5,7-8,11-14,30H,3-4,6,9-10,15-18H2,1-2H3,(H,27,31). The largest absolute Gasteiger partial charge is 0.508 e. The highest BCUT2D eigenvalue weighted by atomic mass is 16.3. The second-order valence-electron chi connectivity index (χ2n) is 8.53. The summed E-state index contributed by atoms with van der Waals surface area (Å²) in [4.78, 5) is 15.7. The summed E-state index contributed by atoms with van der Waals surface area (Å²) in [6, 6.07) is 13.8. The molecule has 1 aliphatic heterocycles. The van der Waals surface area contributed by atoms with Crippen molar-refractivity contribution in [3.05, 3.63) is 59.3 Å². The van der Waals surface area contributed by atoms with Gasteiger partial charge < -0.3 is 15.0 Å². The van der Waals surface area contributed by atoms with Gasteiger partial charge in [-0.25, -0.2) is 0 Å². The van der Waals surface area contributed by atoms with Crippen LogP contribution in [0.5, 0.6) is 5.75 Å². The van der Waals surface area contributed by atoms with E-state index in [0.717, 1.165) is 53.8 Å². The van der Waals surface area contributed by atoms with Crippen molar-refractivity contribution in [1.29, 1.82) is 0 Å². The minimum Gasteiger partial charge on any atom is -0.508 e. The Kier molecular flexibility index (Phi) is 6.62. The van der Waals surface area contributed by atoms with Gasteiger partial charge in [-0.1, -0.05) is 38.0 Å². The smallest absolute Gasteiger partial charge is 0.253 e. The second kappa shape index (κ2) is 9.56. The van der Waals surface area contributed by atoms with Crippen LogP contribution in [0.15, 0.2) is 42.5 Å². The van der Waals surface area contributed by atoms with E-state index in [0.29, 0.717) is 18.7 Å². The van der Waals surface area contributed by atoms with E-state index < -0.39 is 0 Å². The Balaban J connectivity index is 1.88. The van der Waals surface area contributed by atoms with E-state index in [2.05, 4.69) is 33.8 Å². The van der Waals surface area contributed by atoms with Crippen LogP contribution in [-0.4, -0.2) is 40.1 Å². The van der Waals surface area contributed by atoms with Gasteiger partial charge in [0.1, 0.15) is 5.75 Å². The first-order valence-corrected chi connectivity index (χ1v) is 11.5. The molecule has 0 unspecified atom stereocenters. The molecule has 0 bridgehead atoms. The van der Waals surface area contributed by atoms with E-state index in [4.69, 9.17) is 0 Å². The second-order valence-corrected chi connectivity index (χ2v) is 8.53. The molecule has 0 aliphatic carbocycles. The van der Waals surface area contributed by atoms with Crippen LogP contribution in [0.1, 0.15) is 60.6 Å². The number of nitrogens with zero attached hydrogens (tertiary/aromatic N) is 2. The van der Waals surface area contributed by atoms with Gasteiger partial charge in [-0.15, -0.1) is 0 Å². The number of para-hydroxylation sites is 1. The number of phenolic OH excluding ortho intramolecular Hbond substituents is 1. The van der Waals surface area contributed by atoms with Crippen molar-refractivity contribution in [2.45, 2.75) is 52.5 Å². The number of hydrogen-bond donors (Lipinski definition) is 2. The molecule has 5 heteroatoms. The molecule has 2 aromatic carbocycles. The fourth-order valence-electron chi connectivity index (χ4n) is 4.72. The summed E-state index contributed by atoms with van der Waals surface area (Å²) in [7, 11) is 0. The van der Waals surface area contributed by atoms with Crippen LogP contribution in [0.25, 0.3) is 16.6 Å².